The van der Waals surface area contributed by atoms with E-state index >= 15 is 0 Å². The number of hydrogen-bond acceptors (Lipinski definition) is 6. The molecule has 0 unspecified atom stereocenters. The Morgan fingerprint density at radius 2 is 1.96 bits per heavy atom. The third-order valence-corrected chi connectivity index (χ3v) is 5.11. The molecule has 3 aromatic rings. The summed E-state index contributed by atoms with van der Waals surface area (Å²) in [4.78, 5) is 12.0. The molecule has 10 nitrogen and oxygen atoms in total. The van der Waals surface area contributed by atoms with Gasteiger partial charge < -0.3 is 11.1 Å². The van der Waals surface area contributed by atoms with E-state index in [1.54, 1.807) is 55.3 Å². The first-order valence-corrected chi connectivity index (χ1v) is 9.69. The molecule has 0 fully saturated rings. The van der Waals surface area contributed by atoms with Crippen LogP contribution in [0.2, 0.25) is 0 Å². The Morgan fingerprint density at radius 1 is 1.26 bits per heavy atom. The molecule has 142 valence electrons. The zero-order valence-electron chi connectivity index (χ0n) is 14.7. The molecular formula is C16H19N7O3S. The smallest absolute Gasteiger partial charge is 0.254 e. The SMILES string of the molecule is CCS(=O)(=O)Nc1ccc(-c2[nH]nc(Nc3cnn(C)c3)c2C(N)=O)cc1. The van der Waals surface area contributed by atoms with Gasteiger partial charge >= 0.3 is 0 Å². The monoisotopic (exact) mass is 389 g/mol. The van der Waals surface area contributed by atoms with Gasteiger partial charge in [-0.25, -0.2) is 8.42 Å². The maximum atomic E-state index is 12.0. The minimum Gasteiger partial charge on any atom is -0.365 e. The predicted molar refractivity (Wildman–Crippen MR) is 102 cm³/mol. The summed E-state index contributed by atoms with van der Waals surface area (Å²) in [6.07, 6.45) is 3.32. The highest BCUT2D eigenvalue weighted by molar-refractivity contribution is 7.92. The molecule has 0 saturated heterocycles. The summed E-state index contributed by atoms with van der Waals surface area (Å²) < 4.78 is 27.3. The minimum atomic E-state index is -3.36. The van der Waals surface area contributed by atoms with Gasteiger partial charge in [0.15, 0.2) is 5.82 Å². The molecule has 0 aliphatic rings. The summed E-state index contributed by atoms with van der Waals surface area (Å²) in [6, 6.07) is 6.54. The third-order valence-electron chi connectivity index (χ3n) is 3.81. The van der Waals surface area contributed by atoms with Crippen molar-refractivity contribution in [1.29, 1.82) is 0 Å². The number of sulfonamides is 1. The van der Waals surface area contributed by atoms with E-state index in [2.05, 4.69) is 25.3 Å². The molecule has 2 heterocycles. The summed E-state index contributed by atoms with van der Waals surface area (Å²) in [5.41, 5.74) is 7.87. The van der Waals surface area contributed by atoms with Crippen molar-refractivity contribution >= 4 is 33.1 Å². The fraction of sp³-hybridized carbons (Fsp3) is 0.188. The van der Waals surface area contributed by atoms with Gasteiger partial charge in [-0.1, -0.05) is 12.1 Å². The van der Waals surface area contributed by atoms with Gasteiger partial charge in [0.1, 0.15) is 5.56 Å². The van der Waals surface area contributed by atoms with Gasteiger partial charge in [-0.3, -0.25) is 19.3 Å². The number of benzene rings is 1. The topological polar surface area (TPSA) is 148 Å². The van der Waals surface area contributed by atoms with Crippen molar-refractivity contribution in [2.24, 2.45) is 12.8 Å². The normalized spacial score (nSPS) is 11.3. The van der Waals surface area contributed by atoms with Crippen LogP contribution in [0.3, 0.4) is 0 Å². The Bertz CT molecular complexity index is 1070. The number of carbonyl (C=O) groups is 1. The predicted octanol–water partition coefficient (Wildman–Crippen LogP) is 1.41. The van der Waals surface area contributed by atoms with Crippen molar-refractivity contribution in [2.75, 3.05) is 15.8 Å². The van der Waals surface area contributed by atoms with Crippen molar-refractivity contribution in [3.05, 3.63) is 42.2 Å². The molecule has 0 aliphatic carbocycles. The average Bonchev–Trinajstić information content (AvgIpc) is 3.22. The Labute approximate surface area is 155 Å². The summed E-state index contributed by atoms with van der Waals surface area (Å²) in [6.45, 7) is 1.55. The minimum absolute atomic E-state index is 0.0233. The molecule has 0 spiro atoms. The molecule has 0 bridgehead atoms. The van der Waals surface area contributed by atoms with Crippen molar-refractivity contribution in [1.82, 2.24) is 20.0 Å². The second-order valence-corrected chi connectivity index (χ2v) is 7.81. The van der Waals surface area contributed by atoms with Gasteiger partial charge in [-0.15, -0.1) is 0 Å². The third kappa shape index (κ3) is 4.08. The highest BCUT2D eigenvalue weighted by atomic mass is 32.2. The van der Waals surface area contributed by atoms with Gasteiger partial charge in [0.25, 0.3) is 5.91 Å². The number of aryl methyl sites for hydroxylation is 1. The zero-order chi connectivity index (χ0) is 19.6. The Hall–Kier alpha value is -3.34. The number of H-pyrrole nitrogens is 1. The number of nitrogens with two attached hydrogens (primary N) is 1. The van der Waals surface area contributed by atoms with E-state index in [0.717, 1.165) is 0 Å². The number of aromatic amines is 1. The fourth-order valence-electron chi connectivity index (χ4n) is 2.46. The van der Waals surface area contributed by atoms with Gasteiger partial charge in [-0.2, -0.15) is 10.2 Å². The maximum Gasteiger partial charge on any atom is 0.254 e. The van der Waals surface area contributed by atoms with Crippen molar-refractivity contribution in [2.45, 2.75) is 6.92 Å². The Balaban J connectivity index is 1.91. The van der Waals surface area contributed by atoms with E-state index < -0.39 is 15.9 Å². The fourth-order valence-corrected chi connectivity index (χ4v) is 3.10. The van der Waals surface area contributed by atoms with E-state index in [4.69, 9.17) is 5.73 Å². The van der Waals surface area contributed by atoms with Crippen LogP contribution in [0.1, 0.15) is 17.3 Å². The first-order chi connectivity index (χ1) is 12.8. The number of hydrogen-bond donors (Lipinski definition) is 4. The molecule has 0 aliphatic heterocycles. The second kappa shape index (κ2) is 7.11. The van der Waals surface area contributed by atoms with E-state index in [-0.39, 0.29) is 17.1 Å². The van der Waals surface area contributed by atoms with E-state index in [1.807, 2.05) is 0 Å². The lowest BCUT2D eigenvalue weighted by Gasteiger charge is -2.07. The molecule has 2 aromatic heterocycles. The van der Waals surface area contributed by atoms with Crippen LogP contribution in [-0.4, -0.2) is 40.1 Å². The number of amides is 1. The molecule has 0 saturated carbocycles. The number of rotatable bonds is 7. The van der Waals surface area contributed by atoms with Crippen molar-refractivity contribution < 1.29 is 13.2 Å². The molecule has 0 atom stereocenters. The van der Waals surface area contributed by atoms with Crippen LogP contribution in [0.15, 0.2) is 36.7 Å². The maximum absolute atomic E-state index is 12.0. The van der Waals surface area contributed by atoms with E-state index in [1.165, 1.54) is 0 Å². The van der Waals surface area contributed by atoms with Gasteiger partial charge in [0, 0.05) is 24.5 Å². The largest absolute Gasteiger partial charge is 0.365 e. The molecule has 5 N–H and O–H groups in total. The number of carbonyl (C=O) groups excluding carboxylic acids is 1. The molecule has 3 rings (SSSR count). The lowest BCUT2D eigenvalue weighted by atomic mass is 10.1. The van der Waals surface area contributed by atoms with Crippen molar-refractivity contribution in [3.63, 3.8) is 0 Å². The second-order valence-electron chi connectivity index (χ2n) is 5.80. The lowest BCUT2D eigenvalue weighted by molar-refractivity contribution is 0.100. The summed E-state index contributed by atoms with van der Waals surface area (Å²) in [5.74, 6) is -0.396. The number of anilines is 3. The first-order valence-electron chi connectivity index (χ1n) is 8.04. The standard InChI is InChI=1S/C16H19N7O3S/c1-3-27(25,26)22-11-6-4-10(5-7-11)14-13(15(17)24)16(21-20-14)19-12-8-18-23(2)9-12/h4-9,22H,3H2,1-2H3,(H2,17,24)(H2,19,20,21). The van der Waals surface area contributed by atoms with E-state index in [0.29, 0.717) is 22.6 Å². The van der Waals surface area contributed by atoms with Gasteiger partial charge in [0.05, 0.1) is 23.3 Å². The number of nitrogens with zero attached hydrogens (tertiary/aromatic N) is 3. The zero-order valence-corrected chi connectivity index (χ0v) is 15.5. The number of nitrogens with one attached hydrogen (secondary N) is 3. The average molecular weight is 389 g/mol. The van der Waals surface area contributed by atoms with Crippen LogP contribution < -0.4 is 15.8 Å². The quantitative estimate of drug-likeness (QED) is 0.480. The van der Waals surface area contributed by atoms with Crippen LogP contribution in [0.4, 0.5) is 17.2 Å². The Kier molecular flexibility index (Phi) is 4.86. The van der Waals surface area contributed by atoms with Crippen LogP contribution in [0, 0.1) is 0 Å². The van der Waals surface area contributed by atoms with Crippen LogP contribution in [0.25, 0.3) is 11.3 Å². The summed E-state index contributed by atoms with van der Waals surface area (Å²) >= 11 is 0. The van der Waals surface area contributed by atoms with Crippen LogP contribution in [-0.2, 0) is 17.1 Å². The highest BCUT2D eigenvalue weighted by Crippen LogP contribution is 2.29. The van der Waals surface area contributed by atoms with E-state index in [9.17, 15) is 13.2 Å². The molecule has 27 heavy (non-hydrogen) atoms. The van der Waals surface area contributed by atoms with Gasteiger partial charge in [-0.05, 0) is 19.1 Å². The molecule has 1 aromatic carbocycles. The van der Waals surface area contributed by atoms with Crippen LogP contribution >= 0.6 is 0 Å². The van der Waals surface area contributed by atoms with Crippen LogP contribution in [0.5, 0.6) is 0 Å². The summed E-state index contributed by atoms with van der Waals surface area (Å²) in [5, 5.41) is 14.0. The highest BCUT2D eigenvalue weighted by Gasteiger charge is 2.20. The number of primary amides is 1. The lowest BCUT2D eigenvalue weighted by Crippen LogP contribution is -2.14. The summed E-state index contributed by atoms with van der Waals surface area (Å²) in [7, 11) is -1.59. The first kappa shape index (κ1) is 18.5. The molecule has 0 radical (unpaired) electrons. The number of aromatic nitrogens is 4. The Morgan fingerprint density at radius 3 is 2.52 bits per heavy atom. The molecular weight excluding hydrogens is 370 g/mol. The van der Waals surface area contributed by atoms with Crippen molar-refractivity contribution in [3.8, 4) is 11.3 Å². The molecule has 1 amide bonds. The van der Waals surface area contributed by atoms with Gasteiger partial charge in [0.2, 0.25) is 10.0 Å². The molecule has 11 heteroatoms.